The molecule has 2 aliphatic rings. The Morgan fingerprint density at radius 3 is 2.71 bits per heavy atom. The Labute approximate surface area is 204 Å². The number of benzene rings is 1. The fourth-order valence-corrected chi connectivity index (χ4v) is 5.50. The summed E-state index contributed by atoms with van der Waals surface area (Å²) in [6, 6.07) is 10.1. The molecule has 5 rings (SSSR count). The SMILES string of the molecule is Cc1c(C#N)c(NC(=O)CN2CCC(n3c(=O)[nH]c4ccccc43)CC2)n(C[C@H]2CCCO2)c1C. The normalized spacial score (nSPS) is 19.3. The van der Waals surface area contributed by atoms with Crippen LogP contribution in [0.3, 0.4) is 0 Å². The third-order valence-electron chi connectivity index (χ3n) is 7.52. The maximum absolute atomic E-state index is 13.0. The van der Waals surface area contributed by atoms with E-state index in [9.17, 15) is 14.9 Å². The summed E-state index contributed by atoms with van der Waals surface area (Å²) in [5.74, 6) is 0.443. The number of hydrogen-bond acceptors (Lipinski definition) is 5. The lowest BCUT2D eigenvalue weighted by molar-refractivity contribution is -0.117. The number of carbonyl (C=O) groups excluding carboxylic acids is 1. The van der Waals surface area contributed by atoms with Crippen LogP contribution in [-0.4, -0.2) is 57.3 Å². The molecule has 2 saturated heterocycles. The summed E-state index contributed by atoms with van der Waals surface area (Å²) in [7, 11) is 0. The van der Waals surface area contributed by atoms with Crippen molar-refractivity contribution in [2.75, 3.05) is 31.6 Å². The molecule has 2 N–H and O–H groups in total. The van der Waals surface area contributed by atoms with Gasteiger partial charge < -0.3 is 19.6 Å². The predicted molar refractivity (Wildman–Crippen MR) is 133 cm³/mol. The summed E-state index contributed by atoms with van der Waals surface area (Å²) < 4.78 is 9.68. The van der Waals surface area contributed by atoms with Crippen LogP contribution in [-0.2, 0) is 16.1 Å². The van der Waals surface area contributed by atoms with E-state index in [4.69, 9.17) is 4.74 Å². The first-order chi connectivity index (χ1) is 17.0. The molecule has 1 amide bonds. The molecule has 0 bridgehead atoms. The number of likely N-dealkylation sites (tertiary alicyclic amines) is 1. The molecular formula is C26H32N6O3. The smallest absolute Gasteiger partial charge is 0.326 e. The summed E-state index contributed by atoms with van der Waals surface area (Å²) in [5.41, 5.74) is 4.10. The highest BCUT2D eigenvalue weighted by Crippen LogP contribution is 2.29. The number of para-hydroxylation sites is 2. The fraction of sp³-hybridized carbons (Fsp3) is 0.500. The Kier molecular flexibility index (Phi) is 6.50. The van der Waals surface area contributed by atoms with E-state index >= 15 is 0 Å². The molecule has 1 aromatic carbocycles. The van der Waals surface area contributed by atoms with Crippen molar-refractivity contribution < 1.29 is 9.53 Å². The van der Waals surface area contributed by atoms with Crippen LogP contribution in [0.25, 0.3) is 11.0 Å². The van der Waals surface area contributed by atoms with Crippen molar-refractivity contribution in [3.05, 3.63) is 51.6 Å². The Morgan fingerprint density at radius 2 is 2.00 bits per heavy atom. The lowest BCUT2D eigenvalue weighted by Gasteiger charge is -2.32. The largest absolute Gasteiger partial charge is 0.376 e. The van der Waals surface area contributed by atoms with Gasteiger partial charge in [0.1, 0.15) is 11.9 Å². The molecule has 0 aliphatic carbocycles. The van der Waals surface area contributed by atoms with E-state index in [1.54, 1.807) is 0 Å². The number of rotatable bonds is 6. The lowest BCUT2D eigenvalue weighted by Crippen LogP contribution is -2.41. The lowest BCUT2D eigenvalue weighted by atomic mass is 10.0. The second-order valence-electron chi connectivity index (χ2n) is 9.66. The van der Waals surface area contributed by atoms with E-state index in [1.807, 2.05) is 47.2 Å². The van der Waals surface area contributed by atoms with Gasteiger partial charge in [0.15, 0.2) is 0 Å². The highest BCUT2D eigenvalue weighted by atomic mass is 16.5. The zero-order valence-corrected chi connectivity index (χ0v) is 20.3. The van der Waals surface area contributed by atoms with E-state index in [1.165, 1.54) is 0 Å². The molecule has 2 aromatic heterocycles. The first-order valence-electron chi connectivity index (χ1n) is 12.4. The van der Waals surface area contributed by atoms with Crippen molar-refractivity contribution in [3.63, 3.8) is 0 Å². The van der Waals surface area contributed by atoms with Gasteiger partial charge in [0.2, 0.25) is 5.91 Å². The molecule has 3 aromatic rings. The van der Waals surface area contributed by atoms with Crippen LogP contribution in [0.5, 0.6) is 0 Å². The van der Waals surface area contributed by atoms with Gasteiger partial charge in [-0.25, -0.2) is 4.79 Å². The molecule has 4 heterocycles. The number of amides is 1. The molecular weight excluding hydrogens is 444 g/mol. The number of aromatic nitrogens is 3. The summed E-state index contributed by atoms with van der Waals surface area (Å²) >= 11 is 0. The number of nitrogens with one attached hydrogen (secondary N) is 2. The van der Waals surface area contributed by atoms with E-state index in [0.717, 1.165) is 67.7 Å². The highest BCUT2D eigenvalue weighted by Gasteiger charge is 2.27. The first-order valence-corrected chi connectivity index (χ1v) is 12.4. The molecule has 1 atom stereocenters. The molecule has 0 saturated carbocycles. The molecule has 184 valence electrons. The minimum Gasteiger partial charge on any atom is -0.376 e. The van der Waals surface area contributed by atoms with Gasteiger partial charge in [-0.05, 0) is 57.2 Å². The van der Waals surface area contributed by atoms with Gasteiger partial charge in [0, 0.05) is 31.4 Å². The molecule has 0 unspecified atom stereocenters. The van der Waals surface area contributed by atoms with Crippen LogP contribution in [0.2, 0.25) is 0 Å². The molecule has 2 aliphatic heterocycles. The Morgan fingerprint density at radius 1 is 1.23 bits per heavy atom. The monoisotopic (exact) mass is 476 g/mol. The van der Waals surface area contributed by atoms with Crippen LogP contribution < -0.4 is 11.0 Å². The number of ether oxygens (including phenoxy) is 1. The zero-order chi connectivity index (χ0) is 24.5. The zero-order valence-electron chi connectivity index (χ0n) is 20.3. The van der Waals surface area contributed by atoms with Crippen LogP contribution in [0.1, 0.15) is 48.5 Å². The number of nitriles is 1. The van der Waals surface area contributed by atoms with E-state index < -0.39 is 0 Å². The number of imidazole rings is 1. The number of hydrogen-bond donors (Lipinski definition) is 2. The van der Waals surface area contributed by atoms with Crippen LogP contribution in [0.15, 0.2) is 29.1 Å². The summed E-state index contributed by atoms with van der Waals surface area (Å²) in [6.07, 6.45) is 3.73. The minimum atomic E-state index is -0.129. The number of nitrogens with zero attached hydrogens (tertiary/aromatic N) is 4. The highest BCUT2D eigenvalue weighted by molar-refractivity contribution is 5.93. The minimum absolute atomic E-state index is 0.0795. The second kappa shape index (κ2) is 9.72. The van der Waals surface area contributed by atoms with Crippen molar-refractivity contribution in [2.24, 2.45) is 0 Å². The number of H-pyrrole nitrogens is 1. The van der Waals surface area contributed by atoms with Crippen molar-refractivity contribution in [1.29, 1.82) is 5.26 Å². The molecule has 9 heteroatoms. The summed E-state index contributed by atoms with van der Waals surface area (Å²) in [6.45, 7) is 7.01. The third kappa shape index (κ3) is 4.51. The number of piperidine rings is 1. The number of fused-ring (bicyclic) bond motifs is 1. The molecule has 0 radical (unpaired) electrons. The predicted octanol–water partition coefficient (Wildman–Crippen LogP) is 3.07. The number of aromatic amines is 1. The van der Waals surface area contributed by atoms with Crippen LogP contribution >= 0.6 is 0 Å². The fourth-order valence-electron chi connectivity index (χ4n) is 5.50. The third-order valence-corrected chi connectivity index (χ3v) is 7.52. The molecule has 35 heavy (non-hydrogen) atoms. The van der Waals surface area contributed by atoms with Gasteiger partial charge in [-0.15, -0.1) is 0 Å². The quantitative estimate of drug-likeness (QED) is 0.569. The summed E-state index contributed by atoms with van der Waals surface area (Å²) in [4.78, 5) is 30.6. The van der Waals surface area contributed by atoms with Gasteiger partial charge in [0.05, 0.1) is 35.8 Å². The van der Waals surface area contributed by atoms with Gasteiger partial charge in [-0.1, -0.05) is 12.1 Å². The Hall–Kier alpha value is -3.35. The van der Waals surface area contributed by atoms with Crippen molar-refractivity contribution in [1.82, 2.24) is 19.0 Å². The van der Waals surface area contributed by atoms with Gasteiger partial charge in [-0.2, -0.15) is 5.26 Å². The maximum Gasteiger partial charge on any atom is 0.326 e. The molecule has 2 fully saturated rings. The standard InChI is InChI=1S/C26H32N6O3/c1-17-18(2)31(15-20-6-5-13-35-20)25(21(17)14-27)29-24(33)16-30-11-9-19(10-12-30)32-23-8-4-3-7-22(23)28-26(32)34/h3-4,7-8,19-20H,5-6,9-13,15-16H2,1-2H3,(H,28,34)(H,29,33)/t20-/m1/s1. The van der Waals surface area contributed by atoms with E-state index in [-0.39, 0.29) is 30.3 Å². The maximum atomic E-state index is 13.0. The van der Waals surface area contributed by atoms with Gasteiger partial charge in [-0.3, -0.25) is 14.3 Å². The van der Waals surface area contributed by atoms with Crippen LogP contribution in [0.4, 0.5) is 5.82 Å². The topological polar surface area (TPSA) is 108 Å². The van der Waals surface area contributed by atoms with E-state index in [0.29, 0.717) is 17.9 Å². The van der Waals surface area contributed by atoms with E-state index in [2.05, 4.69) is 21.3 Å². The Bertz CT molecular complexity index is 1330. The average Bonchev–Trinajstić information content (AvgIpc) is 3.54. The van der Waals surface area contributed by atoms with Gasteiger partial charge >= 0.3 is 5.69 Å². The number of anilines is 1. The number of carbonyl (C=O) groups is 1. The average molecular weight is 477 g/mol. The van der Waals surface area contributed by atoms with Crippen molar-refractivity contribution in [3.8, 4) is 6.07 Å². The van der Waals surface area contributed by atoms with Crippen LogP contribution in [0, 0.1) is 25.2 Å². The Balaban J connectivity index is 1.24. The second-order valence-corrected chi connectivity index (χ2v) is 9.66. The summed E-state index contributed by atoms with van der Waals surface area (Å²) in [5, 5.41) is 12.8. The first kappa shape index (κ1) is 23.4. The van der Waals surface area contributed by atoms with Gasteiger partial charge in [0.25, 0.3) is 0 Å². The molecule has 0 spiro atoms. The molecule has 9 nitrogen and oxygen atoms in total. The van der Waals surface area contributed by atoms with Crippen molar-refractivity contribution >= 4 is 22.8 Å². The van der Waals surface area contributed by atoms with Crippen molar-refractivity contribution in [2.45, 2.75) is 58.2 Å².